The van der Waals surface area contributed by atoms with Gasteiger partial charge in [0.2, 0.25) is 0 Å². The van der Waals surface area contributed by atoms with Crippen LogP contribution in [-0.4, -0.2) is 21.7 Å². The summed E-state index contributed by atoms with van der Waals surface area (Å²) in [4.78, 5) is 10.2. The molecule has 2 aromatic rings. The number of nitrogens with zero attached hydrogens (tertiary/aromatic N) is 1. The maximum Gasteiger partial charge on any atom is 0.269 e. The summed E-state index contributed by atoms with van der Waals surface area (Å²) < 4.78 is 0. The number of hydrogen-bond donors (Lipinski definition) is 3. The van der Waals surface area contributed by atoms with Gasteiger partial charge in [-0.3, -0.25) is 10.1 Å². The molecule has 0 amide bonds. The molecule has 0 unspecified atom stereocenters. The molecule has 0 radical (unpaired) electrons. The molecule has 0 aliphatic carbocycles. The highest BCUT2D eigenvalue weighted by molar-refractivity contribution is 7.80. The highest BCUT2D eigenvalue weighted by Gasteiger charge is 2.11. The average Bonchev–Trinajstić information content (AvgIpc) is 2.65. The van der Waals surface area contributed by atoms with Crippen LogP contribution in [0.1, 0.15) is 37.0 Å². The first-order valence-corrected chi connectivity index (χ1v) is 8.96. The summed E-state index contributed by atoms with van der Waals surface area (Å²) >= 11 is 5.24. The Morgan fingerprint density at radius 2 is 1.85 bits per heavy atom. The first-order chi connectivity index (χ1) is 12.5. The fraction of sp³-hybridized carbons (Fsp3) is 0.316. The number of rotatable bonds is 8. The second-order valence-electron chi connectivity index (χ2n) is 6.00. The van der Waals surface area contributed by atoms with E-state index >= 15 is 0 Å². The monoisotopic (exact) mass is 373 g/mol. The van der Waals surface area contributed by atoms with Gasteiger partial charge in [-0.25, -0.2) is 0 Å². The number of unbranched alkanes of at least 4 members (excludes halogenated alkanes) is 1. The number of hydrogen-bond acceptors (Lipinski definition) is 4. The predicted molar refractivity (Wildman–Crippen MR) is 107 cm³/mol. The van der Waals surface area contributed by atoms with Crippen molar-refractivity contribution in [3.63, 3.8) is 0 Å². The first-order valence-electron chi connectivity index (χ1n) is 8.55. The van der Waals surface area contributed by atoms with Gasteiger partial charge < -0.3 is 15.7 Å². The Morgan fingerprint density at radius 3 is 2.42 bits per heavy atom. The number of non-ortho nitro benzene ring substituents is 1. The van der Waals surface area contributed by atoms with Gasteiger partial charge in [0.1, 0.15) is 0 Å². The maximum atomic E-state index is 10.6. The first kappa shape index (κ1) is 19.8. The van der Waals surface area contributed by atoms with Gasteiger partial charge >= 0.3 is 0 Å². The van der Waals surface area contributed by atoms with Crippen molar-refractivity contribution in [2.24, 2.45) is 0 Å². The van der Waals surface area contributed by atoms with E-state index in [0.29, 0.717) is 10.7 Å². The Kier molecular flexibility index (Phi) is 7.50. The number of benzene rings is 2. The normalized spacial score (nSPS) is 11.6. The van der Waals surface area contributed by atoms with Crippen molar-refractivity contribution in [1.82, 2.24) is 5.32 Å². The summed E-state index contributed by atoms with van der Waals surface area (Å²) in [5.74, 6) is 0. The molecular weight excluding hydrogens is 350 g/mol. The zero-order valence-corrected chi connectivity index (χ0v) is 15.5. The van der Waals surface area contributed by atoms with Crippen LogP contribution in [-0.2, 0) is 6.42 Å². The number of nitro groups is 1. The van der Waals surface area contributed by atoms with Crippen LogP contribution in [0.2, 0.25) is 0 Å². The predicted octanol–water partition coefficient (Wildman–Crippen LogP) is 3.96. The molecule has 7 heteroatoms. The van der Waals surface area contributed by atoms with Gasteiger partial charge in [0, 0.05) is 24.4 Å². The van der Waals surface area contributed by atoms with Crippen LogP contribution in [0.3, 0.4) is 0 Å². The molecule has 0 bridgehead atoms. The van der Waals surface area contributed by atoms with E-state index in [2.05, 4.69) is 29.7 Å². The highest BCUT2D eigenvalue weighted by atomic mass is 32.1. The highest BCUT2D eigenvalue weighted by Crippen LogP contribution is 2.17. The summed E-state index contributed by atoms with van der Waals surface area (Å²) in [6, 6.07) is 13.9. The van der Waals surface area contributed by atoms with E-state index in [9.17, 15) is 15.2 Å². The zero-order chi connectivity index (χ0) is 18.9. The van der Waals surface area contributed by atoms with E-state index in [-0.39, 0.29) is 12.2 Å². The average molecular weight is 373 g/mol. The Hall–Kier alpha value is -2.51. The fourth-order valence-electron chi connectivity index (χ4n) is 2.44. The van der Waals surface area contributed by atoms with Crippen molar-refractivity contribution < 1.29 is 10.0 Å². The molecule has 0 saturated heterocycles. The summed E-state index contributed by atoms with van der Waals surface area (Å²) in [5, 5.41) is 27.3. The summed E-state index contributed by atoms with van der Waals surface area (Å²) in [7, 11) is 0. The number of aliphatic hydroxyl groups excluding tert-OH is 1. The van der Waals surface area contributed by atoms with Crippen LogP contribution in [0.5, 0.6) is 0 Å². The lowest BCUT2D eigenvalue weighted by Gasteiger charge is -2.15. The van der Waals surface area contributed by atoms with Crippen LogP contribution in [0.15, 0.2) is 48.5 Å². The van der Waals surface area contributed by atoms with Crippen LogP contribution >= 0.6 is 12.2 Å². The number of aliphatic hydroxyl groups is 1. The number of anilines is 1. The van der Waals surface area contributed by atoms with Crippen molar-refractivity contribution in [3.05, 3.63) is 69.8 Å². The fourth-order valence-corrected chi connectivity index (χ4v) is 2.64. The van der Waals surface area contributed by atoms with Crippen LogP contribution in [0, 0.1) is 10.1 Å². The number of nitro benzene ring substituents is 1. The van der Waals surface area contributed by atoms with Crippen molar-refractivity contribution in [2.75, 3.05) is 11.9 Å². The summed E-state index contributed by atoms with van der Waals surface area (Å²) in [6.07, 6.45) is 2.60. The van der Waals surface area contributed by atoms with E-state index in [0.717, 1.165) is 12.1 Å². The van der Waals surface area contributed by atoms with Gasteiger partial charge in [-0.1, -0.05) is 25.5 Å². The molecule has 2 aromatic carbocycles. The van der Waals surface area contributed by atoms with Crippen LogP contribution in [0.4, 0.5) is 11.4 Å². The molecule has 0 aromatic heterocycles. The van der Waals surface area contributed by atoms with Crippen molar-refractivity contribution in [1.29, 1.82) is 0 Å². The quantitative estimate of drug-likeness (QED) is 0.369. The van der Waals surface area contributed by atoms with E-state index in [1.807, 2.05) is 12.1 Å². The second kappa shape index (κ2) is 9.84. The smallest absolute Gasteiger partial charge is 0.269 e. The minimum absolute atomic E-state index is 0.00604. The maximum absolute atomic E-state index is 10.6. The topological polar surface area (TPSA) is 87.4 Å². The van der Waals surface area contributed by atoms with Gasteiger partial charge in [-0.15, -0.1) is 0 Å². The SMILES string of the molecule is CCCCc1ccc(NC(=S)NC[C@@H](O)c2ccc([N+](=O)[O-])cc2)cc1. The third kappa shape index (κ3) is 6.09. The molecule has 0 aliphatic heterocycles. The zero-order valence-electron chi connectivity index (χ0n) is 14.6. The Labute approximate surface area is 158 Å². The Morgan fingerprint density at radius 1 is 1.19 bits per heavy atom. The molecular formula is C19H23N3O3S. The molecule has 0 heterocycles. The van der Waals surface area contributed by atoms with E-state index in [1.165, 1.54) is 42.7 Å². The number of aryl methyl sites for hydroxylation is 1. The van der Waals surface area contributed by atoms with E-state index in [4.69, 9.17) is 12.2 Å². The lowest BCUT2D eigenvalue weighted by molar-refractivity contribution is -0.384. The van der Waals surface area contributed by atoms with Crippen LogP contribution < -0.4 is 10.6 Å². The van der Waals surface area contributed by atoms with Gasteiger partial charge in [0.25, 0.3) is 5.69 Å². The van der Waals surface area contributed by atoms with Crippen molar-refractivity contribution in [3.8, 4) is 0 Å². The standard InChI is InChI=1S/C19H23N3O3S/c1-2-3-4-14-5-9-16(10-6-14)21-19(26)20-13-18(23)15-7-11-17(12-8-15)22(24)25/h5-12,18,23H,2-4,13H2,1H3,(H2,20,21,26)/t18-/m1/s1. The van der Waals surface area contributed by atoms with Gasteiger partial charge in [-0.05, 0) is 60.5 Å². The van der Waals surface area contributed by atoms with Crippen LogP contribution in [0.25, 0.3) is 0 Å². The molecule has 2 rings (SSSR count). The summed E-state index contributed by atoms with van der Waals surface area (Å²) in [5.41, 5.74) is 2.76. The number of nitrogens with one attached hydrogen (secondary N) is 2. The van der Waals surface area contributed by atoms with Crippen molar-refractivity contribution >= 4 is 28.7 Å². The third-order valence-electron chi connectivity index (χ3n) is 3.98. The second-order valence-corrected chi connectivity index (χ2v) is 6.41. The molecule has 0 aliphatic rings. The molecule has 26 heavy (non-hydrogen) atoms. The molecule has 0 saturated carbocycles. The largest absolute Gasteiger partial charge is 0.387 e. The lowest BCUT2D eigenvalue weighted by atomic mass is 10.1. The van der Waals surface area contributed by atoms with Crippen molar-refractivity contribution in [2.45, 2.75) is 32.3 Å². The van der Waals surface area contributed by atoms with Gasteiger partial charge in [0.15, 0.2) is 5.11 Å². The molecule has 0 fully saturated rings. The van der Waals surface area contributed by atoms with Gasteiger partial charge in [-0.2, -0.15) is 0 Å². The minimum atomic E-state index is -0.813. The molecule has 0 spiro atoms. The minimum Gasteiger partial charge on any atom is -0.387 e. The summed E-state index contributed by atoms with van der Waals surface area (Å²) in [6.45, 7) is 2.38. The number of thiocarbonyl (C=S) groups is 1. The molecule has 3 N–H and O–H groups in total. The van der Waals surface area contributed by atoms with E-state index < -0.39 is 11.0 Å². The Balaban J connectivity index is 1.81. The lowest BCUT2D eigenvalue weighted by Crippen LogP contribution is -2.32. The molecule has 6 nitrogen and oxygen atoms in total. The molecule has 138 valence electrons. The van der Waals surface area contributed by atoms with E-state index in [1.54, 1.807) is 0 Å². The Bertz CT molecular complexity index is 733. The third-order valence-corrected chi connectivity index (χ3v) is 4.22. The van der Waals surface area contributed by atoms with Gasteiger partial charge in [0.05, 0.1) is 11.0 Å². The molecule has 1 atom stereocenters.